The highest BCUT2D eigenvalue weighted by molar-refractivity contribution is 5.01. The van der Waals surface area contributed by atoms with Gasteiger partial charge >= 0.3 is 0 Å². The summed E-state index contributed by atoms with van der Waals surface area (Å²) >= 11 is 0. The summed E-state index contributed by atoms with van der Waals surface area (Å²) in [6.45, 7) is 1.97. The van der Waals surface area contributed by atoms with Crippen LogP contribution in [-0.2, 0) is 13.1 Å². The zero-order valence-electron chi connectivity index (χ0n) is 7.93. The van der Waals surface area contributed by atoms with Crippen LogP contribution in [0, 0.1) is 0 Å². The zero-order valence-corrected chi connectivity index (χ0v) is 7.93. The van der Waals surface area contributed by atoms with Crippen molar-refractivity contribution in [2.45, 2.75) is 13.1 Å². The van der Waals surface area contributed by atoms with Gasteiger partial charge in [-0.2, -0.15) is 9.13 Å². The molecule has 1 aliphatic heterocycles. The lowest BCUT2D eigenvalue weighted by molar-refractivity contribution is -0.799. The summed E-state index contributed by atoms with van der Waals surface area (Å²) in [6, 6.07) is 12.7. The van der Waals surface area contributed by atoms with Crippen LogP contribution in [0.5, 0.6) is 0 Å². The third kappa shape index (κ3) is 1.11. The first-order valence-electron chi connectivity index (χ1n) is 4.88. The van der Waals surface area contributed by atoms with E-state index >= 15 is 0 Å². The van der Waals surface area contributed by atoms with Crippen LogP contribution >= 0.6 is 0 Å². The van der Waals surface area contributed by atoms with Gasteiger partial charge in [0.25, 0.3) is 0 Å². The molecule has 3 heterocycles. The first-order chi connectivity index (χ1) is 6.93. The van der Waals surface area contributed by atoms with Crippen LogP contribution in [0.4, 0.5) is 0 Å². The van der Waals surface area contributed by atoms with Crippen molar-refractivity contribution < 1.29 is 9.13 Å². The Morgan fingerprint density at radius 2 is 1.21 bits per heavy atom. The van der Waals surface area contributed by atoms with Gasteiger partial charge in [-0.3, -0.25) is 0 Å². The van der Waals surface area contributed by atoms with E-state index in [9.17, 15) is 0 Å². The minimum atomic E-state index is 0.983. The Morgan fingerprint density at radius 3 is 1.71 bits per heavy atom. The molecular formula is C12H12N2+2. The Bertz CT molecular complexity index is 390. The standard InChI is InChI=1S/C12H12N2/c1-3-7-13-10-12-6-2-4-8-14(12)9-11(13)5-1/h1-8H,9-10H2/q+2. The predicted molar refractivity (Wildman–Crippen MR) is 51.5 cm³/mol. The first-order valence-corrected chi connectivity index (χ1v) is 4.88. The molecule has 0 fully saturated rings. The van der Waals surface area contributed by atoms with Crippen molar-refractivity contribution in [3.05, 3.63) is 60.2 Å². The summed E-state index contributed by atoms with van der Waals surface area (Å²) in [5.74, 6) is 0. The SMILES string of the molecule is c1cc[n+]2c(c1)C[n+]1ccccc1C2. The average molecular weight is 184 g/mol. The molecule has 0 radical (unpaired) electrons. The van der Waals surface area contributed by atoms with Gasteiger partial charge in [0.1, 0.15) is 0 Å². The quantitative estimate of drug-likeness (QED) is 0.454. The van der Waals surface area contributed by atoms with Crippen LogP contribution in [0.25, 0.3) is 0 Å². The van der Waals surface area contributed by atoms with Crippen molar-refractivity contribution in [3.8, 4) is 0 Å². The van der Waals surface area contributed by atoms with E-state index < -0.39 is 0 Å². The second-order valence-corrected chi connectivity index (χ2v) is 3.64. The van der Waals surface area contributed by atoms with Crippen LogP contribution in [-0.4, -0.2) is 0 Å². The molecule has 14 heavy (non-hydrogen) atoms. The highest BCUT2D eigenvalue weighted by atomic mass is 15.1. The van der Waals surface area contributed by atoms with Crippen LogP contribution < -0.4 is 9.13 Å². The summed E-state index contributed by atoms with van der Waals surface area (Å²) in [5.41, 5.74) is 2.74. The molecule has 0 aliphatic carbocycles. The highest BCUT2D eigenvalue weighted by Gasteiger charge is 2.26. The van der Waals surface area contributed by atoms with E-state index in [1.807, 2.05) is 0 Å². The van der Waals surface area contributed by atoms with Crippen LogP contribution in [0.1, 0.15) is 11.4 Å². The van der Waals surface area contributed by atoms with E-state index in [1.165, 1.54) is 11.4 Å². The Labute approximate surface area is 83.1 Å². The Hall–Kier alpha value is -1.70. The maximum atomic E-state index is 2.30. The number of nitrogens with zero attached hydrogens (tertiary/aromatic N) is 2. The third-order valence-electron chi connectivity index (χ3n) is 2.73. The van der Waals surface area contributed by atoms with Crippen molar-refractivity contribution >= 4 is 0 Å². The smallest absolute Gasteiger partial charge is 0.186 e. The summed E-state index contributed by atoms with van der Waals surface area (Å²) in [7, 11) is 0. The summed E-state index contributed by atoms with van der Waals surface area (Å²) in [4.78, 5) is 0. The fraction of sp³-hybridized carbons (Fsp3) is 0.167. The Morgan fingerprint density at radius 1 is 0.714 bits per heavy atom. The molecule has 2 aromatic rings. The van der Waals surface area contributed by atoms with Crippen LogP contribution in [0.2, 0.25) is 0 Å². The van der Waals surface area contributed by atoms with Gasteiger partial charge in [0.2, 0.25) is 24.5 Å². The number of rotatable bonds is 0. The maximum absolute atomic E-state index is 2.30. The number of aromatic nitrogens is 2. The second-order valence-electron chi connectivity index (χ2n) is 3.64. The van der Waals surface area contributed by atoms with Gasteiger partial charge in [0.15, 0.2) is 12.4 Å². The molecule has 2 nitrogen and oxygen atoms in total. The molecule has 2 aromatic heterocycles. The average Bonchev–Trinajstić information content (AvgIpc) is 2.26. The van der Waals surface area contributed by atoms with E-state index in [0.717, 1.165) is 13.1 Å². The van der Waals surface area contributed by atoms with Crippen molar-refractivity contribution in [1.82, 2.24) is 0 Å². The van der Waals surface area contributed by atoms with E-state index in [4.69, 9.17) is 0 Å². The minimum Gasteiger partial charge on any atom is -0.186 e. The van der Waals surface area contributed by atoms with E-state index in [-0.39, 0.29) is 0 Å². The molecule has 0 N–H and O–H groups in total. The van der Waals surface area contributed by atoms with Crippen molar-refractivity contribution in [1.29, 1.82) is 0 Å². The van der Waals surface area contributed by atoms with Gasteiger partial charge in [0.05, 0.1) is 0 Å². The van der Waals surface area contributed by atoms with Gasteiger partial charge in [-0.05, 0) is 12.1 Å². The molecule has 68 valence electrons. The van der Waals surface area contributed by atoms with E-state index in [2.05, 4.69) is 57.9 Å². The molecule has 0 unspecified atom stereocenters. The molecule has 0 amide bonds. The normalized spacial score (nSPS) is 13.1. The van der Waals surface area contributed by atoms with Gasteiger partial charge < -0.3 is 0 Å². The third-order valence-corrected chi connectivity index (χ3v) is 2.73. The lowest BCUT2D eigenvalue weighted by Gasteiger charge is -2.08. The molecule has 1 aliphatic rings. The Balaban J connectivity index is 2.12. The fourth-order valence-electron chi connectivity index (χ4n) is 1.97. The predicted octanol–water partition coefficient (Wildman–Crippen LogP) is 0.672. The van der Waals surface area contributed by atoms with Crippen molar-refractivity contribution in [2.24, 2.45) is 0 Å². The molecule has 2 heteroatoms. The van der Waals surface area contributed by atoms with Gasteiger partial charge in [-0.1, -0.05) is 0 Å². The van der Waals surface area contributed by atoms with Crippen LogP contribution in [0.15, 0.2) is 48.8 Å². The monoisotopic (exact) mass is 184 g/mol. The number of hydrogen-bond donors (Lipinski definition) is 0. The molecule has 0 atom stereocenters. The van der Waals surface area contributed by atoms with Crippen LogP contribution in [0.3, 0.4) is 0 Å². The fourth-order valence-corrected chi connectivity index (χ4v) is 1.97. The molecule has 0 bridgehead atoms. The summed E-state index contributed by atoms with van der Waals surface area (Å²) in [6.07, 6.45) is 4.29. The first kappa shape index (κ1) is 7.68. The molecule has 3 rings (SSSR count). The molecule has 0 saturated carbocycles. The summed E-state index contributed by atoms with van der Waals surface area (Å²) < 4.78 is 4.60. The van der Waals surface area contributed by atoms with Gasteiger partial charge in [0, 0.05) is 24.3 Å². The Kier molecular flexibility index (Phi) is 1.60. The second kappa shape index (κ2) is 2.91. The maximum Gasteiger partial charge on any atom is 0.247 e. The van der Waals surface area contributed by atoms with Gasteiger partial charge in [-0.15, -0.1) is 0 Å². The largest absolute Gasteiger partial charge is 0.247 e. The van der Waals surface area contributed by atoms with Crippen molar-refractivity contribution in [3.63, 3.8) is 0 Å². The van der Waals surface area contributed by atoms with E-state index in [0.29, 0.717) is 0 Å². The van der Waals surface area contributed by atoms with Crippen molar-refractivity contribution in [2.75, 3.05) is 0 Å². The molecular weight excluding hydrogens is 172 g/mol. The lowest BCUT2D eigenvalue weighted by atomic mass is 10.2. The minimum absolute atomic E-state index is 0.983. The molecule has 0 aromatic carbocycles. The summed E-state index contributed by atoms with van der Waals surface area (Å²) in [5, 5.41) is 0. The number of hydrogen-bond acceptors (Lipinski definition) is 0. The highest BCUT2D eigenvalue weighted by Crippen LogP contribution is 2.01. The van der Waals surface area contributed by atoms with E-state index in [1.54, 1.807) is 0 Å². The number of pyridine rings is 2. The zero-order chi connectivity index (χ0) is 9.38. The topological polar surface area (TPSA) is 7.76 Å². The number of fused-ring (bicyclic) bond motifs is 2. The molecule has 0 spiro atoms. The molecule has 0 saturated heterocycles. The van der Waals surface area contributed by atoms with Gasteiger partial charge in [-0.25, -0.2) is 0 Å². The lowest BCUT2D eigenvalue weighted by Crippen LogP contribution is -2.54.